The highest BCUT2D eigenvalue weighted by molar-refractivity contribution is 7.09. The van der Waals surface area contributed by atoms with Gasteiger partial charge in [-0.15, -0.1) is 11.3 Å². The van der Waals surface area contributed by atoms with Gasteiger partial charge in [0.2, 0.25) is 0 Å². The van der Waals surface area contributed by atoms with Gasteiger partial charge in [0.15, 0.2) is 0 Å². The second-order valence-electron chi connectivity index (χ2n) is 4.73. The molecule has 1 N–H and O–H groups in total. The van der Waals surface area contributed by atoms with Gasteiger partial charge in [0, 0.05) is 24.0 Å². The Hall–Kier alpha value is -1.59. The number of anilines is 1. The van der Waals surface area contributed by atoms with Gasteiger partial charge in [-0.2, -0.15) is 0 Å². The second-order valence-corrected chi connectivity index (χ2v) is 6.15. The largest absolute Gasteiger partial charge is 0.370 e. The SMILES string of the molecule is CCCNc1cc(C(=O)N(C)Cc2cccs2)cc(Cl)n1. The molecular weight excluding hydrogens is 306 g/mol. The minimum absolute atomic E-state index is 0.0627. The van der Waals surface area contributed by atoms with Gasteiger partial charge in [-0.05, 0) is 30.0 Å². The average molecular weight is 324 g/mol. The zero-order valence-corrected chi connectivity index (χ0v) is 13.7. The van der Waals surface area contributed by atoms with E-state index in [2.05, 4.69) is 17.2 Å². The third-order valence-electron chi connectivity index (χ3n) is 2.92. The lowest BCUT2D eigenvalue weighted by atomic mass is 10.2. The van der Waals surface area contributed by atoms with Crippen molar-refractivity contribution in [2.45, 2.75) is 19.9 Å². The van der Waals surface area contributed by atoms with Gasteiger partial charge in [-0.3, -0.25) is 4.79 Å². The van der Waals surface area contributed by atoms with Crippen molar-refractivity contribution in [1.29, 1.82) is 0 Å². The highest BCUT2D eigenvalue weighted by atomic mass is 35.5. The standard InChI is InChI=1S/C15H18ClN3OS/c1-3-6-17-14-9-11(8-13(16)18-14)15(20)19(2)10-12-5-4-7-21-12/h4-5,7-9H,3,6,10H2,1-2H3,(H,17,18). The molecule has 0 spiro atoms. The normalized spacial score (nSPS) is 10.4. The number of halogens is 1. The Bertz CT molecular complexity index is 601. The van der Waals surface area contributed by atoms with Crippen molar-refractivity contribution in [1.82, 2.24) is 9.88 Å². The first-order valence-electron chi connectivity index (χ1n) is 6.79. The van der Waals surface area contributed by atoms with E-state index in [0.717, 1.165) is 17.8 Å². The van der Waals surface area contributed by atoms with E-state index in [1.807, 2.05) is 17.5 Å². The van der Waals surface area contributed by atoms with Crippen LogP contribution in [0.4, 0.5) is 5.82 Å². The van der Waals surface area contributed by atoms with Crippen molar-refractivity contribution in [2.24, 2.45) is 0 Å². The van der Waals surface area contributed by atoms with E-state index in [9.17, 15) is 4.79 Å². The lowest BCUT2D eigenvalue weighted by Gasteiger charge is -2.17. The maximum absolute atomic E-state index is 12.5. The van der Waals surface area contributed by atoms with Gasteiger partial charge >= 0.3 is 0 Å². The molecule has 0 aromatic carbocycles. The van der Waals surface area contributed by atoms with Crippen molar-refractivity contribution in [3.8, 4) is 0 Å². The Morgan fingerprint density at radius 3 is 2.95 bits per heavy atom. The molecule has 2 rings (SSSR count). The van der Waals surface area contributed by atoms with Crippen LogP contribution in [0.3, 0.4) is 0 Å². The maximum atomic E-state index is 12.5. The Labute approximate surface area is 133 Å². The quantitative estimate of drug-likeness (QED) is 0.820. The zero-order valence-electron chi connectivity index (χ0n) is 12.1. The van der Waals surface area contributed by atoms with Crippen molar-refractivity contribution in [2.75, 3.05) is 18.9 Å². The molecule has 6 heteroatoms. The lowest BCUT2D eigenvalue weighted by molar-refractivity contribution is 0.0786. The molecule has 0 fully saturated rings. The summed E-state index contributed by atoms with van der Waals surface area (Å²) >= 11 is 7.64. The van der Waals surface area contributed by atoms with E-state index >= 15 is 0 Å². The second kappa shape index (κ2) is 7.43. The number of pyridine rings is 1. The number of rotatable bonds is 6. The van der Waals surface area contributed by atoms with Crippen LogP contribution in [0.5, 0.6) is 0 Å². The molecule has 2 aromatic heterocycles. The predicted molar refractivity (Wildman–Crippen MR) is 88.1 cm³/mol. The number of carbonyl (C=O) groups excluding carboxylic acids is 1. The molecule has 0 atom stereocenters. The van der Waals surface area contributed by atoms with E-state index in [0.29, 0.717) is 23.1 Å². The van der Waals surface area contributed by atoms with E-state index in [4.69, 9.17) is 11.6 Å². The number of amides is 1. The Morgan fingerprint density at radius 1 is 1.48 bits per heavy atom. The molecule has 0 aliphatic carbocycles. The summed E-state index contributed by atoms with van der Waals surface area (Å²) in [5.41, 5.74) is 0.549. The number of hydrogen-bond acceptors (Lipinski definition) is 4. The van der Waals surface area contributed by atoms with Crippen LogP contribution in [0.2, 0.25) is 5.15 Å². The van der Waals surface area contributed by atoms with Crippen LogP contribution < -0.4 is 5.32 Å². The highest BCUT2D eigenvalue weighted by Crippen LogP contribution is 2.18. The van der Waals surface area contributed by atoms with Crippen molar-refractivity contribution in [3.05, 3.63) is 45.2 Å². The van der Waals surface area contributed by atoms with Crippen LogP contribution in [0.15, 0.2) is 29.6 Å². The molecular formula is C15H18ClN3OS. The lowest BCUT2D eigenvalue weighted by Crippen LogP contribution is -2.26. The number of carbonyl (C=O) groups is 1. The number of aromatic nitrogens is 1. The third-order valence-corrected chi connectivity index (χ3v) is 3.97. The van der Waals surface area contributed by atoms with Crippen LogP contribution >= 0.6 is 22.9 Å². The fourth-order valence-electron chi connectivity index (χ4n) is 1.89. The van der Waals surface area contributed by atoms with Crippen LogP contribution in [0, 0.1) is 0 Å². The fourth-order valence-corrected chi connectivity index (χ4v) is 2.86. The average Bonchev–Trinajstić information content (AvgIpc) is 2.96. The fraction of sp³-hybridized carbons (Fsp3) is 0.333. The summed E-state index contributed by atoms with van der Waals surface area (Å²) in [4.78, 5) is 19.5. The van der Waals surface area contributed by atoms with E-state index in [1.165, 1.54) is 0 Å². The summed E-state index contributed by atoms with van der Waals surface area (Å²) in [6.45, 7) is 3.46. The molecule has 0 bridgehead atoms. The van der Waals surface area contributed by atoms with Crippen molar-refractivity contribution in [3.63, 3.8) is 0 Å². The highest BCUT2D eigenvalue weighted by Gasteiger charge is 2.14. The van der Waals surface area contributed by atoms with Crippen molar-refractivity contribution >= 4 is 34.7 Å². The first kappa shape index (κ1) is 15.8. The van der Waals surface area contributed by atoms with Gasteiger partial charge < -0.3 is 10.2 Å². The molecule has 2 aromatic rings. The van der Waals surface area contributed by atoms with Crippen LogP contribution in [0.1, 0.15) is 28.6 Å². The smallest absolute Gasteiger partial charge is 0.254 e. The summed E-state index contributed by atoms with van der Waals surface area (Å²) in [5, 5.41) is 5.48. The topological polar surface area (TPSA) is 45.2 Å². The Kier molecular flexibility index (Phi) is 5.59. The summed E-state index contributed by atoms with van der Waals surface area (Å²) in [6, 6.07) is 7.34. The van der Waals surface area contributed by atoms with Crippen LogP contribution in [-0.2, 0) is 6.54 Å². The molecule has 2 heterocycles. The minimum atomic E-state index is -0.0627. The number of nitrogens with one attached hydrogen (secondary N) is 1. The number of thiophene rings is 1. The predicted octanol–water partition coefficient (Wildman–Crippen LogP) is 3.89. The molecule has 0 aliphatic heterocycles. The summed E-state index contributed by atoms with van der Waals surface area (Å²) in [5.74, 6) is 0.574. The van der Waals surface area contributed by atoms with Gasteiger partial charge in [-0.25, -0.2) is 4.98 Å². The Morgan fingerprint density at radius 2 is 2.29 bits per heavy atom. The van der Waals surface area contributed by atoms with Crippen LogP contribution in [-0.4, -0.2) is 29.4 Å². The van der Waals surface area contributed by atoms with Crippen LogP contribution in [0.25, 0.3) is 0 Å². The first-order chi connectivity index (χ1) is 10.1. The van der Waals surface area contributed by atoms with Gasteiger partial charge in [0.1, 0.15) is 11.0 Å². The minimum Gasteiger partial charge on any atom is -0.370 e. The van der Waals surface area contributed by atoms with Crippen molar-refractivity contribution < 1.29 is 4.79 Å². The Balaban J connectivity index is 2.12. The maximum Gasteiger partial charge on any atom is 0.254 e. The molecule has 0 radical (unpaired) electrons. The molecule has 112 valence electrons. The van der Waals surface area contributed by atoms with E-state index < -0.39 is 0 Å². The monoisotopic (exact) mass is 323 g/mol. The molecule has 0 saturated carbocycles. The molecule has 4 nitrogen and oxygen atoms in total. The summed E-state index contributed by atoms with van der Waals surface area (Å²) < 4.78 is 0. The summed E-state index contributed by atoms with van der Waals surface area (Å²) in [7, 11) is 1.79. The van der Waals surface area contributed by atoms with Gasteiger partial charge in [-0.1, -0.05) is 24.6 Å². The molecule has 21 heavy (non-hydrogen) atoms. The van der Waals surface area contributed by atoms with E-state index in [-0.39, 0.29) is 5.91 Å². The number of hydrogen-bond donors (Lipinski definition) is 1. The molecule has 1 amide bonds. The van der Waals surface area contributed by atoms with E-state index in [1.54, 1.807) is 35.4 Å². The molecule has 0 unspecified atom stereocenters. The zero-order chi connectivity index (χ0) is 15.2. The third kappa shape index (κ3) is 4.44. The number of nitrogens with zero attached hydrogens (tertiary/aromatic N) is 2. The van der Waals surface area contributed by atoms with Gasteiger partial charge in [0.25, 0.3) is 5.91 Å². The first-order valence-corrected chi connectivity index (χ1v) is 8.05. The molecule has 0 saturated heterocycles. The van der Waals surface area contributed by atoms with Gasteiger partial charge in [0.05, 0.1) is 6.54 Å². The molecule has 0 aliphatic rings. The summed E-state index contributed by atoms with van der Waals surface area (Å²) in [6.07, 6.45) is 0.982.